The number of nitrogens with zero attached hydrogens (tertiary/aromatic N) is 3. The van der Waals surface area contributed by atoms with Crippen molar-refractivity contribution in [1.29, 1.82) is 0 Å². The fourth-order valence-electron chi connectivity index (χ4n) is 17.1. The lowest BCUT2D eigenvalue weighted by Crippen LogP contribution is -2.61. The molecule has 0 bridgehead atoms. The van der Waals surface area contributed by atoms with Crippen molar-refractivity contribution in [1.82, 2.24) is 0 Å². The molecule has 2 heterocycles. The van der Waals surface area contributed by atoms with Crippen molar-refractivity contribution >= 4 is 74.3 Å². The first-order valence-corrected chi connectivity index (χ1v) is 40.2. The van der Waals surface area contributed by atoms with E-state index < -0.39 is 0 Å². The van der Waals surface area contributed by atoms with Gasteiger partial charge in [0.05, 0.1) is 17.1 Å². The Kier molecular flexibility index (Phi) is 18.9. The molecular weight excluding hydrogens is 1410 g/mol. The quantitative estimate of drug-likeness (QED) is 0.0847. The van der Waals surface area contributed by atoms with E-state index in [2.05, 4.69) is 408 Å². The summed E-state index contributed by atoms with van der Waals surface area (Å²) in [7, 11) is 0. The maximum Gasteiger partial charge on any atom is 0.252 e. The van der Waals surface area contributed by atoms with E-state index in [4.69, 9.17) is 9.47 Å². The fourth-order valence-corrected chi connectivity index (χ4v) is 17.1. The van der Waals surface area contributed by atoms with Gasteiger partial charge in [0.15, 0.2) is 0 Å². The number of hydrogen-bond acceptors (Lipinski definition) is 5. The summed E-state index contributed by atoms with van der Waals surface area (Å²) in [6.45, 7) is 13.4. The molecule has 2 aliphatic rings. The Labute approximate surface area is 682 Å². The molecule has 17 aromatic rings. The molecule has 5 nitrogen and oxygen atoms in total. The van der Waals surface area contributed by atoms with Gasteiger partial charge in [-0.2, -0.15) is 0 Å². The van der Waals surface area contributed by atoms with Crippen LogP contribution in [0.3, 0.4) is 0 Å². The van der Waals surface area contributed by atoms with Crippen molar-refractivity contribution in [3.63, 3.8) is 0 Å². The van der Waals surface area contributed by atoms with Crippen LogP contribution < -0.4 is 40.6 Å². The molecule has 0 N–H and O–H groups in total. The van der Waals surface area contributed by atoms with Gasteiger partial charge in [0.25, 0.3) is 6.71 Å². The van der Waals surface area contributed by atoms with E-state index in [1.165, 1.54) is 11.1 Å². The van der Waals surface area contributed by atoms with Crippen molar-refractivity contribution in [2.75, 3.05) is 14.7 Å². The zero-order chi connectivity index (χ0) is 78.4. The van der Waals surface area contributed by atoms with E-state index in [-0.39, 0.29) is 17.5 Å². The molecule has 0 saturated heterocycles. The van der Waals surface area contributed by atoms with Crippen LogP contribution in [0.2, 0.25) is 0 Å². The molecule has 6 heteroatoms. The Morgan fingerprint density at radius 2 is 0.500 bits per heavy atom. The van der Waals surface area contributed by atoms with Crippen molar-refractivity contribution < 1.29 is 9.47 Å². The van der Waals surface area contributed by atoms with E-state index in [9.17, 15) is 0 Å². The molecule has 0 unspecified atom stereocenters. The van der Waals surface area contributed by atoms with Crippen LogP contribution in [0.1, 0.15) is 52.7 Å². The number of fused-ring (bicyclic) bond motifs is 4. The van der Waals surface area contributed by atoms with Gasteiger partial charge in [-0.3, -0.25) is 0 Å². The molecule has 0 aromatic heterocycles. The third-order valence-corrected chi connectivity index (χ3v) is 22.8. The molecule has 0 fully saturated rings. The molecule has 116 heavy (non-hydrogen) atoms. The van der Waals surface area contributed by atoms with Crippen molar-refractivity contribution in [3.05, 3.63) is 424 Å². The number of rotatable bonds is 17. The molecule has 0 amide bonds. The number of benzene rings is 17. The number of hydrogen-bond donors (Lipinski definition) is 0. The smallest absolute Gasteiger partial charge is 0.252 e. The van der Waals surface area contributed by atoms with Crippen molar-refractivity contribution in [2.24, 2.45) is 0 Å². The Balaban J connectivity index is 0.988. The summed E-state index contributed by atoms with van der Waals surface area (Å²) < 4.78 is 14.3. The van der Waals surface area contributed by atoms with Crippen LogP contribution in [-0.4, -0.2) is 6.71 Å². The van der Waals surface area contributed by atoms with Crippen molar-refractivity contribution in [3.8, 4) is 112 Å². The van der Waals surface area contributed by atoms with Gasteiger partial charge in [-0.25, -0.2) is 0 Å². The topological polar surface area (TPSA) is 28.2 Å². The molecule has 19 rings (SSSR count). The van der Waals surface area contributed by atoms with Crippen LogP contribution in [0, 0.1) is 0 Å². The van der Waals surface area contributed by atoms with E-state index in [1.807, 2.05) is 60.7 Å². The lowest BCUT2D eigenvalue weighted by Gasteiger charge is -2.46. The van der Waals surface area contributed by atoms with Gasteiger partial charge in [-0.05, 0) is 202 Å². The van der Waals surface area contributed by atoms with Gasteiger partial charge in [0.2, 0.25) is 0 Å². The Hall–Kier alpha value is -14.2. The maximum absolute atomic E-state index is 7.17. The SMILES string of the molecule is CC(C)(C)c1ccc(N(c2ccc(C(C)(C)C)cc2)c2cc3c4c(c2)N(c2c(-c5cccc(-c6ccccc6)c5)cccc2-c2cccc(-c5ccccc5)c2)c2cc(Oc5ccccc5)ccc2B4c2ccc(Oc4ccccc4)cc2N3c2c(-c3cccc(-c4ccccc4)c3)cccc2-c2cccc(-c3ccccc3)c2)cc1. The first-order chi connectivity index (χ1) is 56.8. The third-order valence-electron chi connectivity index (χ3n) is 22.8. The first-order valence-electron chi connectivity index (χ1n) is 40.2. The van der Waals surface area contributed by atoms with Gasteiger partial charge < -0.3 is 24.2 Å². The third kappa shape index (κ3) is 14.0. The van der Waals surface area contributed by atoms with E-state index in [0.717, 1.165) is 168 Å². The number of anilines is 9. The van der Waals surface area contributed by atoms with Crippen LogP contribution in [-0.2, 0) is 10.8 Å². The van der Waals surface area contributed by atoms with E-state index in [0.29, 0.717) is 11.5 Å². The van der Waals surface area contributed by atoms with E-state index in [1.54, 1.807) is 0 Å². The molecule has 556 valence electrons. The van der Waals surface area contributed by atoms with Crippen LogP contribution in [0.15, 0.2) is 413 Å². The largest absolute Gasteiger partial charge is 0.457 e. The highest BCUT2D eigenvalue weighted by Crippen LogP contribution is 2.56. The fraction of sp³-hybridized carbons (Fsp3) is 0.0727. The highest BCUT2D eigenvalue weighted by Gasteiger charge is 2.46. The normalized spacial score (nSPS) is 12.2. The Morgan fingerprint density at radius 1 is 0.224 bits per heavy atom. The van der Waals surface area contributed by atoms with Gasteiger partial charge in [-0.15, -0.1) is 0 Å². The number of ether oxygens (including phenoxy) is 2. The van der Waals surface area contributed by atoms with Gasteiger partial charge >= 0.3 is 0 Å². The maximum atomic E-state index is 7.17. The van der Waals surface area contributed by atoms with Gasteiger partial charge in [0.1, 0.15) is 23.0 Å². The predicted molar refractivity (Wildman–Crippen MR) is 489 cm³/mol. The molecule has 0 atom stereocenters. The molecule has 17 aromatic carbocycles. The predicted octanol–water partition coefficient (Wildman–Crippen LogP) is 28.8. The summed E-state index contributed by atoms with van der Waals surface area (Å²) >= 11 is 0. The van der Waals surface area contributed by atoms with Crippen LogP contribution in [0.5, 0.6) is 23.0 Å². The van der Waals surface area contributed by atoms with Gasteiger partial charge in [-0.1, -0.05) is 345 Å². The standard InChI is InChI=1S/C110H86BN3O2/c1-109(2,3)87-55-59-89(60-56-87)112(90-61-57-88(58-62-90)110(4,5)6)91-71-104-106-105(72-91)114(108-98(85-45-27-41-81(69-85)77-35-17-9-18-36-77)53-30-54-99(108)86-46-28-42-82(70-86)78-37-19-10-20-38-78)103-74-95(116-93-49-23-12-24-50-93)64-66-101(103)111(106)100-65-63-94(115-92-47-21-11-22-48-92)73-102(100)113(104)107-96(83-43-25-39-79(67-83)75-31-13-7-14-32-75)51-29-52-97(107)84-44-26-40-80(68-84)76-33-15-8-16-34-76/h7-74H,1-6H3. The molecule has 2 aliphatic heterocycles. The summed E-state index contributed by atoms with van der Waals surface area (Å²) in [4.78, 5) is 7.75. The van der Waals surface area contributed by atoms with Gasteiger partial charge in [0, 0.05) is 68.5 Å². The average molecular weight is 1490 g/mol. The second-order valence-electron chi connectivity index (χ2n) is 32.4. The molecular formula is C110H86BN3O2. The first kappa shape index (κ1) is 72.1. The molecule has 0 saturated carbocycles. The van der Waals surface area contributed by atoms with Crippen LogP contribution in [0.25, 0.3) is 89.0 Å². The second-order valence-corrected chi connectivity index (χ2v) is 32.4. The summed E-state index contributed by atoms with van der Waals surface area (Å²) in [6, 6.07) is 151. The molecule has 0 aliphatic carbocycles. The summed E-state index contributed by atoms with van der Waals surface area (Å²) in [5.74, 6) is 2.89. The zero-order valence-electron chi connectivity index (χ0n) is 66.0. The highest BCUT2D eigenvalue weighted by molar-refractivity contribution is 7.00. The molecule has 0 radical (unpaired) electrons. The monoisotopic (exact) mass is 1490 g/mol. The summed E-state index contributed by atoms with van der Waals surface area (Å²) in [5.41, 5.74) is 32.0. The summed E-state index contributed by atoms with van der Waals surface area (Å²) in [5, 5.41) is 0. The zero-order valence-corrected chi connectivity index (χ0v) is 66.0. The minimum atomic E-state index is -0.384. The lowest BCUT2D eigenvalue weighted by atomic mass is 9.33. The van der Waals surface area contributed by atoms with Crippen LogP contribution in [0.4, 0.5) is 51.2 Å². The lowest BCUT2D eigenvalue weighted by molar-refractivity contribution is 0.483. The second kappa shape index (κ2) is 30.4. The minimum absolute atomic E-state index is 0.116. The van der Waals surface area contributed by atoms with E-state index >= 15 is 0 Å². The Bertz CT molecular complexity index is 5870. The van der Waals surface area contributed by atoms with Crippen LogP contribution >= 0.6 is 0 Å². The average Bonchev–Trinajstić information content (AvgIpc) is 0.686. The highest BCUT2D eigenvalue weighted by atomic mass is 16.5. The minimum Gasteiger partial charge on any atom is -0.457 e. The Morgan fingerprint density at radius 3 is 0.802 bits per heavy atom. The molecule has 0 spiro atoms. The van der Waals surface area contributed by atoms with Crippen molar-refractivity contribution in [2.45, 2.75) is 52.4 Å². The number of para-hydroxylation sites is 4. The summed E-state index contributed by atoms with van der Waals surface area (Å²) in [6.07, 6.45) is 0.